The van der Waals surface area contributed by atoms with E-state index < -0.39 is 0 Å². The Labute approximate surface area is 140 Å². The van der Waals surface area contributed by atoms with Gasteiger partial charge in [0.25, 0.3) is 0 Å². The summed E-state index contributed by atoms with van der Waals surface area (Å²) >= 11 is 0. The van der Waals surface area contributed by atoms with Gasteiger partial charge in [0.05, 0.1) is 11.4 Å². The van der Waals surface area contributed by atoms with Crippen LogP contribution < -0.4 is 5.32 Å². The third kappa shape index (κ3) is 2.79. The van der Waals surface area contributed by atoms with Crippen LogP contribution in [0.3, 0.4) is 0 Å². The van der Waals surface area contributed by atoms with Crippen molar-refractivity contribution in [1.82, 2.24) is 20.0 Å². The van der Waals surface area contributed by atoms with Crippen LogP contribution in [0.2, 0.25) is 0 Å². The molecular formula is C19H17N5. The quantitative estimate of drug-likeness (QED) is 0.590. The molecule has 2 heterocycles. The van der Waals surface area contributed by atoms with Gasteiger partial charge in [0, 0.05) is 24.1 Å². The van der Waals surface area contributed by atoms with Gasteiger partial charge in [0.1, 0.15) is 0 Å². The summed E-state index contributed by atoms with van der Waals surface area (Å²) < 4.78 is 1.84. The van der Waals surface area contributed by atoms with Gasteiger partial charge in [-0.25, -0.2) is 4.68 Å². The van der Waals surface area contributed by atoms with Crippen LogP contribution in [0.4, 0.5) is 11.5 Å². The van der Waals surface area contributed by atoms with Crippen molar-refractivity contribution < 1.29 is 0 Å². The van der Waals surface area contributed by atoms with E-state index in [1.807, 2.05) is 53.3 Å². The van der Waals surface area contributed by atoms with Crippen LogP contribution in [0.15, 0.2) is 73.1 Å². The molecule has 2 aromatic heterocycles. The van der Waals surface area contributed by atoms with Gasteiger partial charge in [0.15, 0.2) is 5.82 Å². The summed E-state index contributed by atoms with van der Waals surface area (Å²) in [5.74, 6) is 0.801. The number of hydrogen-bond acceptors (Lipinski definition) is 3. The van der Waals surface area contributed by atoms with Crippen molar-refractivity contribution in [2.75, 3.05) is 5.32 Å². The highest BCUT2D eigenvalue weighted by molar-refractivity contribution is 5.67. The standard InChI is InChI=1S/C19H17N5/c1-14-5-2-3-6-17(14)21-19-13-18(22-23-19)15-7-9-16(10-8-15)24-12-4-11-20-24/h2-13H,1H3,(H2,21,22,23). The highest BCUT2D eigenvalue weighted by Gasteiger charge is 2.06. The fraction of sp³-hybridized carbons (Fsp3) is 0.0526. The molecule has 0 saturated carbocycles. The lowest BCUT2D eigenvalue weighted by Crippen LogP contribution is -1.93. The van der Waals surface area contributed by atoms with Crippen LogP contribution in [-0.4, -0.2) is 20.0 Å². The maximum Gasteiger partial charge on any atom is 0.152 e. The zero-order chi connectivity index (χ0) is 16.4. The van der Waals surface area contributed by atoms with E-state index >= 15 is 0 Å². The fourth-order valence-electron chi connectivity index (χ4n) is 2.60. The molecule has 0 bridgehead atoms. The number of nitrogens with one attached hydrogen (secondary N) is 2. The first kappa shape index (κ1) is 14.3. The summed E-state index contributed by atoms with van der Waals surface area (Å²) in [5, 5.41) is 15.0. The number of rotatable bonds is 4. The van der Waals surface area contributed by atoms with E-state index in [0.29, 0.717) is 0 Å². The lowest BCUT2D eigenvalue weighted by molar-refractivity contribution is 0.880. The molecule has 0 saturated heterocycles. The number of aromatic nitrogens is 4. The Hall–Kier alpha value is -3.34. The first-order valence-corrected chi connectivity index (χ1v) is 7.78. The number of benzene rings is 2. The topological polar surface area (TPSA) is 58.5 Å². The molecule has 2 N–H and O–H groups in total. The van der Waals surface area contributed by atoms with Gasteiger partial charge in [-0.1, -0.05) is 30.3 Å². The van der Waals surface area contributed by atoms with Crippen LogP contribution >= 0.6 is 0 Å². The maximum absolute atomic E-state index is 4.35. The average molecular weight is 315 g/mol. The Morgan fingerprint density at radius 1 is 1.00 bits per heavy atom. The number of hydrogen-bond donors (Lipinski definition) is 2. The van der Waals surface area contributed by atoms with E-state index in [2.05, 4.69) is 45.7 Å². The minimum atomic E-state index is 0.801. The number of aryl methyl sites for hydroxylation is 1. The summed E-state index contributed by atoms with van der Waals surface area (Å²) in [6, 6.07) is 20.3. The largest absolute Gasteiger partial charge is 0.339 e. The summed E-state index contributed by atoms with van der Waals surface area (Å²) in [6.45, 7) is 2.07. The van der Waals surface area contributed by atoms with Crippen LogP contribution in [0.1, 0.15) is 5.56 Å². The van der Waals surface area contributed by atoms with Crippen LogP contribution in [-0.2, 0) is 0 Å². The second-order valence-corrected chi connectivity index (χ2v) is 5.60. The summed E-state index contributed by atoms with van der Waals surface area (Å²) in [5.41, 5.74) is 5.33. The smallest absolute Gasteiger partial charge is 0.152 e. The molecule has 0 unspecified atom stereocenters. The van der Waals surface area contributed by atoms with Crippen molar-refractivity contribution in [3.63, 3.8) is 0 Å². The summed E-state index contributed by atoms with van der Waals surface area (Å²) in [6.07, 6.45) is 3.70. The predicted octanol–water partition coefficient (Wildman–Crippen LogP) is 4.31. The lowest BCUT2D eigenvalue weighted by Gasteiger charge is -2.05. The molecule has 5 nitrogen and oxygen atoms in total. The number of para-hydroxylation sites is 1. The third-order valence-corrected chi connectivity index (χ3v) is 3.93. The number of H-pyrrole nitrogens is 1. The van der Waals surface area contributed by atoms with Crippen molar-refractivity contribution in [1.29, 1.82) is 0 Å². The van der Waals surface area contributed by atoms with Crippen LogP contribution in [0.5, 0.6) is 0 Å². The number of anilines is 2. The number of nitrogens with zero attached hydrogens (tertiary/aromatic N) is 3. The summed E-state index contributed by atoms with van der Waals surface area (Å²) in [7, 11) is 0. The Bertz CT molecular complexity index is 936. The average Bonchev–Trinajstić information content (AvgIpc) is 3.29. The molecule has 0 spiro atoms. The van der Waals surface area contributed by atoms with Gasteiger partial charge in [-0.2, -0.15) is 10.2 Å². The molecule has 24 heavy (non-hydrogen) atoms. The molecular weight excluding hydrogens is 298 g/mol. The molecule has 0 aliphatic heterocycles. The van der Waals surface area contributed by atoms with E-state index in [9.17, 15) is 0 Å². The molecule has 0 amide bonds. The highest BCUT2D eigenvalue weighted by atomic mass is 15.3. The zero-order valence-corrected chi connectivity index (χ0v) is 13.3. The van der Waals surface area contributed by atoms with Crippen molar-refractivity contribution in [3.8, 4) is 16.9 Å². The molecule has 118 valence electrons. The van der Waals surface area contributed by atoms with Gasteiger partial charge < -0.3 is 5.32 Å². The van der Waals surface area contributed by atoms with E-state index in [1.165, 1.54) is 5.56 Å². The molecule has 0 radical (unpaired) electrons. The molecule has 0 aliphatic carbocycles. The zero-order valence-electron chi connectivity index (χ0n) is 13.3. The SMILES string of the molecule is Cc1ccccc1Nc1cc(-c2ccc(-n3cccn3)cc2)[nH]n1. The third-order valence-electron chi connectivity index (χ3n) is 3.93. The van der Waals surface area contributed by atoms with Gasteiger partial charge in [-0.05, 0) is 42.3 Å². The molecule has 5 heteroatoms. The summed E-state index contributed by atoms with van der Waals surface area (Å²) in [4.78, 5) is 0. The first-order valence-electron chi connectivity index (χ1n) is 7.78. The molecule has 0 atom stereocenters. The van der Waals surface area contributed by atoms with E-state index in [4.69, 9.17) is 0 Å². The second-order valence-electron chi connectivity index (χ2n) is 5.60. The van der Waals surface area contributed by atoms with Crippen LogP contribution in [0, 0.1) is 6.92 Å². The van der Waals surface area contributed by atoms with Gasteiger partial charge >= 0.3 is 0 Å². The first-order chi connectivity index (χ1) is 11.8. The van der Waals surface area contributed by atoms with Gasteiger partial charge in [0.2, 0.25) is 0 Å². The molecule has 0 aliphatic rings. The molecule has 0 fully saturated rings. The maximum atomic E-state index is 4.35. The molecule has 2 aromatic carbocycles. The van der Waals surface area contributed by atoms with Crippen molar-refractivity contribution >= 4 is 11.5 Å². The van der Waals surface area contributed by atoms with Crippen molar-refractivity contribution in [2.45, 2.75) is 6.92 Å². The van der Waals surface area contributed by atoms with Crippen LogP contribution in [0.25, 0.3) is 16.9 Å². The highest BCUT2D eigenvalue weighted by Crippen LogP contribution is 2.24. The van der Waals surface area contributed by atoms with E-state index in [-0.39, 0.29) is 0 Å². The van der Waals surface area contributed by atoms with E-state index in [0.717, 1.165) is 28.5 Å². The number of aromatic amines is 1. The van der Waals surface area contributed by atoms with E-state index in [1.54, 1.807) is 6.20 Å². The van der Waals surface area contributed by atoms with Crippen molar-refractivity contribution in [3.05, 3.63) is 78.6 Å². The van der Waals surface area contributed by atoms with Crippen molar-refractivity contribution in [2.24, 2.45) is 0 Å². The minimum Gasteiger partial charge on any atom is -0.339 e. The minimum absolute atomic E-state index is 0.801. The monoisotopic (exact) mass is 315 g/mol. The lowest BCUT2D eigenvalue weighted by atomic mass is 10.1. The Balaban J connectivity index is 1.55. The molecule has 4 rings (SSSR count). The predicted molar refractivity (Wildman–Crippen MR) is 95.6 cm³/mol. The van der Waals surface area contributed by atoms with Gasteiger partial charge in [-0.15, -0.1) is 0 Å². The molecule has 4 aromatic rings. The fourth-order valence-corrected chi connectivity index (χ4v) is 2.60. The Morgan fingerprint density at radius 3 is 2.58 bits per heavy atom. The Morgan fingerprint density at radius 2 is 1.83 bits per heavy atom. The van der Waals surface area contributed by atoms with Gasteiger partial charge in [-0.3, -0.25) is 5.10 Å². The Kier molecular flexibility index (Phi) is 3.59. The normalized spacial score (nSPS) is 10.7. The second kappa shape index (κ2) is 6.04.